The molecule has 0 bridgehead atoms. The third-order valence-corrected chi connectivity index (χ3v) is 2.79. The summed E-state index contributed by atoms with van der Waals surface area (Å²) in [5.74, 6) is 0.0244. The van der Waals surface area contributed by atoms with Crippen LogP contribution in [0.15, 0.2) is 23.4 Å². The number of halogens is 1. The van der Waals surface area contributed by atoms with Gasteiger partial charge in [-0.05, 0) is 17.5 Å². The van der Waals surface area contributed by atoms with Crippen molar-refractivity contribution >= 4 is 23.1 Å². The van der Waals surface area contributed by atoms with Crippen LogP contribution in [0, 0.1) is 5.41 Å². The molecule has 0 aliphatic carbocycles. The Morgan fingerprint density at radius 1 is 1.44 bits per heavy atom. The Balaban J connectivity index is 3.20. The summed E-state index contributed by atoms with van der Waals surface area (Å²) < 4.78 is 0. The van der Waals surface area contributed by atoms with Gasteiger partial charge in [0.1, 0.15) is 0 Å². The fourth-order valence-corrected chi connectivity index (χ4v) is 2.20. The lowest BCUT2D eigenvalue weighted by Crippen LogP contribution is -2.31. The van der Waals surface area contributed by atoms with E-state index < -0.39 is 0 Å². The van der Waals surface area contributed by atoms with Crippen molar-refractivity contribution in [2.24, 2.45) is 16.3 Å². The van der Waals surface area contributed by atoms with Crippen molar-refractivity contribution in [3.05, 3.63) is 28.8 Å². The summed E-state index contributed by atoms with van der Waals surface area (Å²) in [6, 6.07) is 5.49. The second kappa shape index (κ2) is 5.48. The summed E-state index contributed by atoms with van der Waals surface area (Å²) in [4.78, 5) is 2.05. The Bertz CT molecular complexity index is 452. The molecule has 4 nitrogen and oxygen atoms in total. The van der Waals surface area contributed by atoms with Crippen LogP contribution in [-0.2, 0) is 0 Å². The van der Waals surface area contributed by atoms with E-state index in [4.69, 9.17) is 22.5 Å². The van der Waals surface area contributed by atoms with Crippen molar-refractivity contribution in [1.29, 1.82) is 0 Å². The molecule has 0 heterocycles. The maximum Gasteiger partial charge on any atom is 0.173 e. The quantitative estimate of drug-likeness (QED) is 0.384. The first kappa shape index (κ1) is 14.6. The lowest BCUT2D eigenvalue weighted by molar-refractivity contribution is 0.318. The van der Waals surface area contributed by atoms with Crippen molar-refractivity contribution in [2.75, 3.05) is 18.5 Å². The first-order valence-corrected chi connectivity index (χ1v) is 6.11. The lowest BCUT2D eigenvalue weighted by Gasteiger charge is -2.29. The van der Waals surface area contributed by atoms with Crippen LogP contribution in [0.2, 0.25) is 5.02 Å². The molecular formula is C13H20ClN3O. The SMILES string of the molecule is CN(CC(C)(C)C)c1cccc(Cl)c1C(N)=NO. The van der Waals surface area contributed by atoms with Crippen molar-refractivity contribution in [3.63, 3.8) is 0 Å². The van der Waals surface area contributed by atoms with Crippen molar-refractivity contribution in [3.8, 4) is 0 Å². The van der Waals surface area contributed by atoms with Crippen LogP contribution in [0.1, 0.15) is 26.3 Å². The average Bonchev–Trinajstić information content (AvgIpc) is 2.25. The highest BCUT2D eigenvalue weighted by Crippen LogP contribution is 2.28. The number of anilines is 1. The molecule has 5 heteroatoms. The second-order valence-electron chi connectivity index (χ2n) is 5.54. The van der Waals surface area contributed by atoms with E-state index in [0.717, 1.165) is 12.2 Å². The predicted octanol–water partition coefficient (Wildman–Crippen LogP) is 2.92. The monoisotopic (exact) mass is 269 g/mol. The summed E-state index contributed by atoms with van der Waals surface area (Å²) in [5, 5.41) is 12.4. The molecular weight excluding hydrogens is 250 g/mol. The molecule has 0 aromatic heterocycles. The minimum Gasteiger partial charge on any atom is -0.409 e. The van der Waals surface area contributed by atoms with E-state index in [-0.39, 0.29) is 11.3 Å². The standard InChI is InChI=1S/C13H20ClN3O/c1-13(2,3)8-17(4)10-7-5-6-9(14)11(10)12(15)16-18/h5-7,18H,8H2,1-4H3,(H2,15,16). The highest BCUT2D eigenvalue weighted by molar-refractivity contribution is 6.34. The number of benzene rings is 1. The highest BCUT2D eigenvalue weighted by atomic mass is 35.5. The Kier molecular flexibility index (Phi) is 4.46. The van der Waals surface area contributed by atoms with Crippen LogP contribution in [0.25, 0.3) is 0 Å². The van der Waals surface area contributed by atoms with Gasteiger partial charge in [-0.2, -0.15) is 0 Å². The normalized spacial score (nSPS) is 12.6. The van der Waals surface area contributed by atoms with Gasteiger partial charge in [-0.25, -0.2) is 0 Å². The number of rotatable bonds is 3. The zero-order valence-corrected chi connectivity index (χ0v) is 12.0. The Labute approximate surface area is 113 Å². The van der Waals surface area contributed by atoms with Crippen molar-refractivity contribution < 1.29 is 5.21 Å². The molecule has 0 unspecified atom stereocenters. The number of oxime groups is 1. The van der Waals surface area contributed by atoms with Crippen LogP contribution in [-0.4, -0.2) is 24.6 Å². The van der Waals surface area contributed by atoms with Gasteiger partial charge in [-0.15, -0.1) is 0 Å². The molecule has 0 fully saturated rings. The van der Waals surface area contributed by atoms with E-state index in [1.165, 1.54) is 0 Å². The zero-order chi connectivity index (χ0) is 13.9. The van der Waals surface area contributed by atoms with Crippen LogP contribution >= 0.6 is 11.6 Å². The topological polar surface area (TPSA) is 61.8 Å². The fourth-order valence-electron chi connectivity index (χ4n) is 1.93. The van der Waals surface area contributed by atoms with Crippen LogP contribution < -0.4 is 10.6 Å². The van der Waals surface area contributed by atoms with E-state index >= 15 is 0 Å². The van der Waals surface area contributed by atoms with Crippen molar-refractivity contribution in [1.82, 2.24) is 0 Å². The van der Waals surface area contributed by atoms with Gasteiger partial charge >= 0.3 is 0 Å². The van der Waals surface area contributed by atoms with Gasteiger partial charge in [-0.1, -0.05) is 43.6 Å². The smallest absolute Gasteiger partial charge is 0.173 e. The molecule has 1 aromatic carbocycles. The highest BCUT2D eigenvalue weighted by Gasteiger charge is 2.19. The number of hydrogen-bond donors (Lipinski definition) is 2. The minimum atomic E-state index is 0.0244. The summed E-state index contributed by atoms with van der Waals surface area (Å²) in [7, 11) is 1.96. The summed E-state index contributed by atoms with van der Waals surface area (Å²) in [6.07, 6.45) is 0. The zero-order valence-electron chi connectivity index (χ0n) is 11.2. The Hall–Kier alpha value is -1.42. The van der Waals surface area contributed by atoms with E-state index in [1.807, 2.05) is 19.2 Å². The molecule has 0 atom stereocenters. The molecule has 0 radical (unpaired) electrons. The molecule has 0 spiro atoms. The molecule has 0 aliphatic rings. The number of nitrogens with zero attached hydrogens (tertiary/aromatic N) is 2. The third kappa shape index (κ3) is 3.53. The van der Waals surface area contributed by atoms with Crippen LogP contribution in [0.4, 0.5) is 5.69 Å². The fraction of sp³-hybridized carbons (Fsp3) is 0.462. The second-order valence-corrected chi connectivity index (χ2v) is 5.94. The largest absolute Gasteiger partial charge is 0.409 e. The molecule has 0 saturated carbocycles. The van der Waals surface area contributed by atoms with Gasteiger partial charge in [-0.3, -0.25) is 0 Å². The molecule has 100 valence electrons. The van der Waals surface area contributed by atoms with Gasteiger partial charge in [0.15, 0.2) is 5.84 Å². The van der Waals surface area contributed by atoms with E-state index in [0.29, 0.717) is 10.6 Å². The average molecular weight is 270 g/mol. The van der Waals surface area contributed by atoms with Gasteiger partial charge in [0.25, 0.3) is 0 Å². The Morgan fingerprint density at radius 2 is 2.06 bits per heavy atom. The minimum absolute atomic E-state index is 0.0244. The molecule has 1 aromatic rings. The van der Waals surface area contributed by atoms with E-state index in [1.54, 1.807) is 6.07 Å². The van der Waals surface area contributed by atoms with Crippen LogP contribution in [0.3, 0.4) is 0 Å². The number of nitrogens with two attached hydrogens (primary N) is 1. The molecule has 18 heavy (non-hydrogen) atoms. The molecule has 1 rings (SSSR count). The van der Waals surface area contributed by atoms with Gasteiger partial charge in [0.2, 0.25) is 0 Å². The number of hydrogen-bond acceptors (Lipinski definition) is 3. The molecule has 0 aliphatic heterocycles. The van der Waals surface area contributed by atoms with E-state index in [9.17, 15) is 0 Å². The summed E-state index contributed by atoms with van der Waals surface area (Å²) >= 11 is 6.12. The summed E-state index contributed by atoms with van der Waals surface area (Å²) in [5.41, 5.74) is 7.24. The molecule has 0 saturated heterocycles. The van der Waals surface area contributed by atoms with E-state index in [2.05, 4.69) is 30.8 Å². The number of amidine groups is 1. The lowest BCUT2D eigenvalue weighted by atomic mass is 9.95. The summed E-state index contributed by atoms with van der Waals surface area (Å²) in [6.45, 7) is 7.28. The Morgan fingerprint density at radius 3 is 2.56 bits per heavy atom. The maximum atomic E-state index is 8.84. The van der Waals surface area contributed by atoms with Crippen molar-refractivity contribution in [2.45, 2.75) is 20.8 Å². The first-order chi connectivity index (χ1) is 8.26. The predicted molar refractivity (Wildman–Crippen MR) is 76.7 cm³/mol. The van der Waals surface area contributed by atoms with Gasteiger partial charge in [0, 0.05) is 19.3 Å². The van der Waals surface area contributed by atoms with Gasteiger partial charge in [0.05, 0.1) is 10.6 Å². The first-order valence-electron chi connectivity index (χ1n) is 5.74. The third-order valence-electron chi connectivity index (χ3n) is 2.48. The molecule has 0 amide bonds. The molecule has 3 N–H and O–H groups in total. The maximum absolute atomic E-state index is 8.84. The van der Waals surface area contributed by atoms with Crippen LogP contribution in [0.5, 0.6) is 0 Å². The van der Waals surface area contributed by atoms with Gasteiger partial charge < -0.3 is 15.8 Å².